The van der Waals surface area contributed by atoms with E-state index in [9.17, 15) is 9.59 Å². The zero-order chi connectivity index (χ0) is 12.9. The van der Waals surface area contributed by atoms with Crippen molar-refractivity contribution in [3.05, 3.63) is 12.2 Å². The van der Waals surface area contributed by atoms with Crippen LogP contribution in [0.2, 0.25) is 0 Å². The Morgan fingerprint density at radius 2 is 2.12 bits per heavy atom. The number of allylic oxidation sites excluding steroid dienone is 2. The topological polar surface area (TPSA) is 55.4 Å². The molecule has 1 aliphatic carbocycles. The highest BCUT2D eigenvalue weighted by Crippen LogP contribution is 2.20. The molecule has 0 aliphatic heterocycles. The summed E-state index contributed by atoms with van der Waals surface area (Å²) in [6.45, 7) is 3.85. The van der Waals surface area contributed by atoms with E-state index in [0.29, 0.717) is 6.54 Å². The van der Waals surface area contributed by atoms with E-state index in [1.807, 2.05) is 6.08 Å². The van der Waals surface area contributed by atoms with Crippen LogP contribution in [-0.4, -0.2) is 25.5 Å². The quantitative estimate of drug-likeness (QED) is 0.599. The van der Waals surface area contributed by atoms with Crippen LogP contribution >= 0.6 is 0 Å². The molecule has 0 saturated heterocycles. The molecule has 0 aromatic carbocycles. The first-order chi connectivity index (χ1) is 7.97. The van der Waals surface area contributed by atoms with Crippen molar-refractivity contribution in [3.8, 4) is 0 Å². The monoisotopic (exact) mass is 239 g/mol. The summed E-state index contributed by atoms with van der Waals surface area (Å²) in [5, 5.41) is 2.83. The second-order valence-electron chi connectivity index (χ2n) is 5.07. The van der Waals surface area contributed by atoms with Crippen LogP contribution in [0.3, 0.4) is 0 Å². The van der Waals surface area contributed by atoms with E-state index in [-0.39, 0.29) is 17.8 Å². The minimum absolute atomic E-state index is 0.0336. The van der Waals surface area contributed by atoms with E-state index in [1.54, 1.807) is 13.8 Å². The molecule has 0 heterocycles. The molecule has 0 spiro atoms. The van der Waals surface area contributed by atoms with Gasteiger partial charge < -0.3 is 10.1 Å². The number of nitrogens with one attached hydrogen (secondary N) is 1. The Balaban J connectivity index is 2.42. The minimum atomic E-state index is -0.672. The maximum atomic E-state index is 11.9. The summed E-state index contributed by atoms with van der Waals surface area (Å²) in [5.74, 6) is -0.221. The highest BCUT2D eigenvalue weighted by molar-refractivity contribution is 5.81. The Morgan fingerprint density at radius 3 is 2.65 bits per heavy atom. The van der Waals surface area contributed by atoms with Crippen LogP contribution in [0.25, 0.3) is 0 Å². The van der Waals surface area contributed by atoms with Crippen LogP contribution in [0.1, 0.15) is 33.1 Å². The van der Waals surface area contributed by atoms with Gasteiger partial charge in [-0.2, -0.15) is 0 Å². The molecule has 17 heavy (non-hydrogen) atoms. The van der Waals surface area contributed by atoms with Gasteiger partial charge in [0.15, 0.2) is 0 Å². The Kier molecular flexibility index (Phi) is 4.73. The lowest BCUT2D eigenvalue weighted by Crippen LogP contribution is -2.42. The molecule has 1 atom stereocenters. The number of rotatable bonds is 4. The van der Waals surface area contributed by atoms with Crippen LogP contribution in [0.5, 0.6) is 0 Å². The first kappa shape index (κ1) is 13.7. The summed E-state index contributed by atoms with van der Waals surface area (Å²) in [5.41, 5.74) is -0.672. The van der Waals surface area contributed by atoms with E-state index in [4.69, 9.17) is 4.74 Å². The molecular formula is C13H21NO3. The largest absolute Gasteiger partial charge is 0.469 e. The van der Waals surface area contributed by atoms with Gasteiger partial charge in [0.1, 0.15) is 0 Å². The number of esters is 1. The summed E-state index contributed by atoms with van der Waals surface area (Å²) >= 11 is 0. The molecule has 1 N–H and O–H groups in total. The number of hydrogen-bond acceptors (Lipinski definition) is 3. The van der Waals surface area contributed by atoms with Crippen LogP contribution < -0.4 is 5.32 Å². The maximum absolute atomic E-state index is 11.9. The highest BCUT2D eigenvalue weighted by Gasteiger charge is 2.30. The number of hydrogen-bond donors (Lipinski definition) is 1. The van der Waals surface area contributed by atoms with Gasteiger partial charge in [-0.3, -0.25) is 9.59 Å². The van der Waals surface area contributed by atoms with E-state index in [0.717, 1.165) is 19.3 Å². The number of carbonyl (C=O) groups excluding carboxylic acids is 2. The lowest BCUT2D eigenvalue weighted by atomic mass is 9.91. The van der Waals surface area contributed by atoms with Crippen LogP contribution in [0.15, 0.2) is 12.2 Å². The van der Waals surface area contributed by atoms with Crippen molar-refractivity contribution in [2.45, 2.75) is 33.1 Å². The predicted molar refractivity (Wildman–Crippen MR) is 65.3 cm³/mol. The van der Waals surface area contributed by atoms with Crippen molar-refractivity contribution in [1.29, 1.82) is 0 Å². The summed E-state index contributed by atoms with van der Waals surface area (Å²) < 4.78 is 4.69. The smallest absolute Gasteiger partial charge is 0.313 e. The fourth-order valence-corrected chi connectivity index (χ4v) is 1.83. The number of methoxy groups -OCH3 is 1. The Bertz CT molecular complexity index is 321. The molecule has 0 aromatic heterocycles. The Morgan fingerprint density at radius 1 is 1.41 bits per heavy atom. The molecule has 1 aliphatic rings. The third-order valence-corrected chi connectivity index (χ3v) is 3.08. The van der Waals surface area contributed by atoms with Crippen molar-refractivity contribution in [3.63, 3.8) is 0 Å². The van der Waals surface area contributed by atoms with Gasteiger partial charge in [0.05, 0.1) is 12.5 Å². The van der Waals surface area contributed by atoms with Gasteiger partial charge in [0.25, 0.3) is 0 Å². The van der Waals surface area contributed by atoms with Crippen LogP contribution in [0.4, 0.5) is 0 Å². The standard InChI is InChI=1S/C13H21NO3/c1-13(2,12(16)17-3)9-14-11(15)10-7-5-4-6-8-10/h4-5,10H,6-9H2,1-3H3,(H,14,15)/t10-/m0/s1. The molecule has 0 bridgehead atoms. The summed E-state index contributed by atoms with van der Waals surface area (Å²) in [6.07, 6.45) is 6.78. The SMILES string of the molecule is COC(=O)C(C)(C)CNC(=O)[C@H]1CC=CCC1. The molecule has 0 unspecified atom stereocenters. The van der Waals surface area contributed by atoms with E-state index >= 15 is 0 Å². The predicted octanol–water partition coefficient (Wildman–Crippen LogP) is 1.66. The molecule has 1 amide bonds. The zero-order valence-electron chi connectivity index (χ0n) is 10.8. The Labute approximate surface area is 102 Å². The number of ether oxygens (including phenoxy) is 1. The normalized spacial score (nSPS) is 19.8. The van der Waals surface area contributed by atoms with Gasteiger partial charge in [-0.05, 0) is 33.1 Å². The van der Waals surface area contributed by atoms with Gasteiger partial charge in [-0.25, -0.2) is 0 Å². The first-order valence-corrected chi connectivity index (χ1v) is 5.98. The van der Waals surface area contributed by atoms with E-state index in [2.05, 4.69) is 11.4 Å². The molecule has 0 radical (unpaired) electrons. The molecule has 0 fully saturated rings. The second kappa shape index (κ2) is 5.84. The molecule has 4 heteroatoms. The zero-order valence-corrected chi connectivity index (χ0v) is 10.8. The first-order valence-electron chi connectivity index (χ1n) is 5.98. The van der Waals surface area contributed by atoms with Crippen LogP contribution in [-0.2, 0) is 14.3 Å². The van der Waals surface area contributed by atoms with Crippen molar-refractivity contribution in [1.82, 2.24) is 5.32 Å². The minimum Gasteiger partial charge on any atom is -0.469 e. The van der Waals surface area contributed by atoms with Gasteiger partial charge in [-0.1, -0.05) is 12.2 Å². The highest BCUT2D eigenvalue weighted by atomic mass is 16.5. The molecule has 1 rings (SSSR count). The Hall–Kier alpha value is -1.32. The number of carbonyl (C=O) groups is 2. The fourth-order valence-electron chi connectivity index (χ4n) is 1.83. The third-order valence-electron chi connectivity index (χ3n) is 3.08. The summed E-state index contributed by atoms with van der Waals surface area (Å²) in [6, 6.07) is 0. The van der Waals surface area contributed by atoms with Gasteiger partial charge in [0.2, 0.25) is 5.91 Å². The van der Waals surface area contributed by atoms with Gasteiger partial charge in [-0.15, -0.1) is 0 Å². The molecule has 4 nitrogen and oxygen atoms in total. The van der Waals surface area contributed by atoms with Crippen molar-refractivity contribution in [2.24, 2.45) is 11.3 Å². The van der Waals surface area contributed by atoms with E-state index < -0.39 is 5.41 Å². The van der Waals surface area contributed by atoms with Crippen molar-refractivity contribution < 1.29 is 14.3 Å². The van der Waals surface area contributed by atoms with Gasteiger partial charge >= 0.3 is 5.97 Å². The molecule has 0 saturated carbocycles. The van der Waals surface area contributed by atoms with Gasteiger partial charge in [0, 0.05) is 12.5 Å². The molecule has 0 aromatic rings. The average molecular weight is 239 g/mol. The third kappa shape index (κ3) is 3.88. The lowest BCUT2D eigenvalue weighted by Gasteiger charge is -2.24. The van der Waals surface area contributed by atoms with E-state index in [1.165, 1.54) is 7.11 Å². The fraction of sp³-hybridized carbons (Fsp3) is 0.692. The summed E-state index contributed by atoms with van der Waals surface area (Å²) in [7, 11) is 1.36. The van der Waals surface area contributed by atoms with Crippen molar-refractivity contribution in [2.75, 3.05) is 13.7 Å². The molecular weight excluding hydrogens is 218 g/mol. The van der Waals surface area contributed by atoms with Crippen LogP contribution in [0, 0.1) is 11.3 Å². The lowest BCUT2D eigenvalue weighted by molar-refractivity contribution is -0.150. The average Bonchev–Trinajstić information content (AvgIpc) is 2.36. The summed E-state index contributed by atoms with van der Waals surface area (Å²) in [4.78, 5) is 23.3. The second-order valence-corrected chi connectivity index (χ2v) is 5.07. The van der Waals surface area contributed by atoms with Crippen molar-refractivity contribution >= 4 is 11.9 Å². The number of amides is 1. The maximum Gasteiger partial charge on any atom is 0.313 e. The molecule has 96 valence electrons.